The summed E-state index contributed by atoms with van der Waals surface area (Å²) < 4.78 is 5.54. The number of amides is 2. The summed E-state index contributed by atoms with van der Waals surface area (Å²) in [6.45, 7) is 2.57. The van der Waals surface area contributed by atoms with Gasteiger partial charge in [0.05, 0.1) is 12.2 Å². The number of para-hydroxylation sites is 1. The summed E-state index contributed by atoms with van der Waals surface area (Å²) in [5.74, 6) is 0.274. The standard InChI is InChI=1S/C20H20ClN3O3/c1-14-7-8-15(13-17(14)21)24-19(25)10-9-18(23-24)20(26)22-11-12-27-16-5-3-2-4-6-16/h2-8,13H,9-12H2,1H3,(H,22,26). The zero-order chi connectivity index (χ0) is 19.2. The van der Waals surface area contributed by atoms with Gasteiger partial charge in [0.2, 0.25) is 5.91 Å². The second-order valence-corrected chi connectivity index (χ2v) is 6.51. The fourth-order valence-corrected chi connectivity index (χ4v) is 2.76. The Bertz CT molecular complexity index is 868. The van der Waals surface area contributed by atoms with Gasteiger partial charge in [0.15, 0.2) is 0 Å². The largest absolute Gasteiger partial charge is 0.492 e. The third-order valence-corrected chi connectivity index (χ3v) is 4.50. The average molecular weight is 386 g/mol. The zero-order valence-electron chi connectivity index (χ0n) is 14.9. The van der Waals surface area contributed by atoms with E-state index >= 15 is 0 Å². The number of aryl methyl sites for hydroxylation is 1. The van der Waals surface area contributed by atoms with Gasteiger partial charge in [-0.1, -0.05) is 35.9 Å². The Morgan fingerprint density at radius 3 is 2.74 bits per heavy atom. The molecule has 0 atom stereocenters. The third kappa shape index (κ3) is 4.86. The highest BCUT2D eigenvalue weighted by atomic mass is 35.5. The summed E-state index contributed by atoms with van der Waals surface area (Å²) in [4.78, 5) is 24.6. The van der Waals surface area contributed by atoms with Crippen molar-refractivity contribution in [1.29, 1.82) is 0 Å². The minimum atomic E-state index is -0.303. The van der Waals surface area contributed by atoms with E-state index in [0.29, 0.717) is 36.0 Å². The number of anilines is 1. The minimum Gasteiger partial charge on any atom is -0.492 e. The molecule has 27 heavy (non-hydrogen) atoms. The van der Waals surface area contributed by atoms with E-state index in [4.69, 9.17) is 16.3 Å². The highest BCUT2D eigenvalue weighted by Crippen LogP contribution is 2.26. The van der Waals surface area contributed by atoms with E-state index in [-0.39, 0.29) is 18.2 Å². The molecule has 0 saturated heterocycles. The second-order valence-electron chi connectivity index (χ2n) is 6.10. The predicted octanol–water partition coefficient (Wildman–Crippen LogP) is 3.33. The number of hydrogen-bond donors (Lipinski definition) is 1. The van der Waals surface area contributed by atoms with E-state index in [1.807, 2.05) is 43.3 Å². The number of halogens is 1. The molecule has 1 N–H and O–H groups in total. The molecule has 0 spiro atoms. The maximum absolute atomic E-state index is 12.4. The van der Waals surface area contributed by atoms with Gasteiger partial charge in [-0.25, -0.2) is 5.01 Å². The van der Waals surface area contributed by atoms with Gasteiger partial charge in [0, 0.05) is 17.9 Å². The Labute approximate surface area is 162 Å². The summed E-state index contributed by atoms with van der Waals surface area (Å²) in [6, 6.07) is 14.6. The van der Waals surface area contributed by atoms with E-state index in [1.165, 1.54) is 5.01 Å². The van der Waals surface area contributed by atoms with Gasteiger partial charge >= 0.3 is 0 Å². The summed E-state index contributed by atoms with van der Waals surface area (Å²) in [7, 11) is 0. The van der Waals surface area contributed by atoms with Gasteiger partial charge in [0.25, 0.3) is 5.91 Å². The first-order valence-corrected chi connectivity index (χ1v) is 9.05. The molecule has 140 valence electrons. The van der Waals surface area contributed by atoms with Crippen LogP contribution < -0.4 is 15.1 Å². The third-order valence-electron chi connectivity index (χ3n) is 4.09. The Balaban J connectivity index is 1.60. The Morgan fingerprint density at radius 1 is 1.22 bits per heavy atom. The topological polar surface area (TPSA) is 71.0 Å². The van der Waals surface area contributed by atoms with Crippen molar-refractivity contribution in [2.75, 3.05) is 18.2 Å². The lowest BCUT2D eigenvalue weighted by Gasteiger charge is -2.23. The summed E-state index contributed by atoms with van der Waals surface area (Å²) in [6.07, 6.45) is 0.526. The van der Waals surface area contributed by atoms with Crippen LogP contribution in [0.15, 0.2) is 53.6 Å². The van der Waals surface area contributed by atoms with Crippen LogP contribution in [0.2, 0.25) is 5.02 Å². The zero-order valence-corrected chi connectivity index (χ0v) is 15.7. The second kappa shape index (κ2) is 8.68. The molecular weight excluding hydrogens is 366 g/mol. The van der Waals surface area contributed by atoms with Crippen LogP contribution in [0.1, 0.15) is 18.4 Å². The van der Waals surface area contributed by atoms with Crippen LogP contribution in [0.3, 0.4) is 0 Å². The quantitative estimate of drug-likeness (QED) is 0.775. The van der Waals surface area contributed by atoms with Gasteiger partial charge in [-0.2, -0.15) is 5.10 Å². The van der Waals surface area contributed by atoms with Gasteiger partial charge in [-0.3, -0.25) is 9.59 Å². The molecule has 6 nitrogen and oxygen atoms in total. The van der Waals surface area contributed by atoms with E-state index in [2.05, 4.69) is 10.4 Å². The molecule has 0 aliphatic carbocycles. The number of carbonyl (C=O) groups is 2. The molecule has 1 aliphatic rings. The molecule has 0 unspecified atom stereocenters. The maximum Gasteiger partial charge on any atom is 0.267 e. The molecule has 2 aromatic rings. The smallest absolute Gasteiger partial charge is 0.267 e. The van der Waals surface area contributed by atoms with Crippen LogP contribution in [-0.2, 0) is 9.59 Å². The number of nitrogens with zero attached hydrogens (tertiary/aromatic N) is 2. The van der Waals surface area contributed by atoms with Gasteiger partial charge < -0.3 is 10.1 Å². The summed E-state index contributed by atoms with van der Waals surface area (Å²) in [5.41, 5.74) is 1.77. The number of ether oxygens (including phenoxy) is 1. The lowest BCUT2D eigenvalue weighted by atomic mass is 10.1. The number of hydrazone groups is 1. The van der Waals surface area contributed by atoms with Crippen LogP contribution in [0.5, 0.6) is 5.75 Å². The van der Waals surface area contributed by atoms with Gasteiger partial charge in [-0.05, 0) is 36.8 Å². The first-order chi connectivity index (χ1) is 13.0. The molecule has 0 fully saturated rings. The van der Waals surface area contributed by atoms with Crippen molar-refractivity contribution in [3.8, 4) is 5.75 Å². The van der Waals surface area contributed by atoms with Crippen molar-refractivity contribution in [1.82, 2.24) is 5.32 Å². The normalized spacial score (nSPS) is 13.9. The van der Waals surface area contributed by atoms with Gasteiger partial charge in [-0.15, -0.1) is 0 Å². The number of nitrogens with one attached hydrogen (secondary N) is 1. The van der Waals surface area contributed by atoms with Crippen molar-refractivity contribution in [3.05, 3.63) is 59.1 Å². The number of rotatable bonds is 6. The van der Waals surface area contributed by atoms with Crippen LogP contribution in [0, 0.1) is 6.92 Å². The van der Waals surface area contributed by atoms with Crippen LogP contribution in [0.4, 0.5) is 5.69 Å². The van der Waals surface area contributed by atoms with Crippen molar-refractivity contribution < 1.29 is 14.3 Å². The molecule has 0 bridgehead atoms. The summed E-state index contributed by atoms with van der Waals surface area (Å²) >= 11 is 6.14. The monoisotopic (exact) mass is 385 g/mol. The molecule has 1 aliphatic heterocycles. The number of benzene rings is 2. The van der Waals surface area contributed by atoms with Crippen LogP contribution in [0.25, 0.3) is 0 Å². The molecule has 0 radical (unpaired) electrons. The lowest BCUT2D eigenvalue weighted by Crippen LogP contribution is -2.40. The van der Waals surface area contributed by atoms with Gasteiger partial charge in [0.1, 0.15) is 18.1 Å². The van der Waals surface area contributed by atoms with E-state index in [1.54, 1.807) is 12.1 Å². The van der Waals surface area contributed by atoms with E-state index in [9.17, 15) is 9.59 Å². The number of carbonyl (C=O) groups excluding carboxylic acids is 2. The lowest BCUT2D eigenvalue weighted by molar-refractivity contribution is -0.119. The predicted molar refractivity (Wildman–Crippen MR) is 105 cm³/mol. The molecule has 0 saturated carbocycles. The van der Waals surface area contributed by atoms with E-state index < -0.39 is 0 Å². The summed E-state index contributed by atoms with van der Waals surface area (Å²) in [5, 5.41) is 8.79. The minimum absolute atomic E-state index is 0.168. The highest BCUT2D eigenvalue weighted by molar-refractivity contribution is 6.40. The first kappa shape index (κ1) is 18.9. The van der Waals surface area contributed by atoms with E-state index in [0.717, 1.165) is 11.3 Å². The molecule has 1 heterocycles. The fraction of sp³-hybridized carbons (Fsp3) is 0.250. The Kier molecular flexibility index (Phi) is 6.08. The van der Waals surface area contributed by atoms with Crippen LogP contribution in [-0.4, -0.2) is 30.7 Å². The van der Waals surface area contributed by atoms with Crippen molar-refractivity contribution in [2.24, 2.45) is 5.10 Å². The first-order valence-electron chi connectivity index (χ1n) is 8.67. The van der Waals surface area contributed by atoms with Crippen molar-refractivity contribution in [2.45, 2.75) is 19.8 Å². The molecule has 2 aromatic carbocycles. The van der Waals surface area contributed by atoms with Crippen molar-refractivity contribution >= 4 is 34.8 Å². The molecule has 3 rings (SSSR count). The molecule has 2 amide bonds. The Hall–Kier alpha value is -2.86. The molecular formula is C20H20ClN3O3. The molecule has 7 heteroatoms. The molecule has 0 aromatic heterocycles. The Morgan fingerprint density at radius 2 is 2.00 bits per heavy atom. The average Bonchev–Trinajstić information content (AvgIpc) is 2.68. The maximum atomic E-state index is 12.4. The number of hydrogen-bond acceptors (Lipinski definition) is 4. The van der Waals surface area contributed by atoms with Crippen molar-refractivity contribution in [3.63, 3.8) is 0 Å². The van der Waals surface area contributed by atoms with Crippen LogP contribution >= 0.6 is 11.6 Å². The highest BCUT2D eigenvalue weighted by Gasteiger charge is 2.25. The fourth-order valence-electron chi connectivity index (χ4n) is 2.58. The SMILES string of the molecule is Cc1ccc(N2N=C(C(=O)NCCOc3ccccc3)CCC2=O)cc1Cl.